The first kappa shape index (κ1) is 16.0. The third-order valence-electron chi connectivity index (χ3n) is 3.64. The monoisotopic (exact) mass is 317 g/mol. The second-order valence-electron chi connectivity index (χ2n) is 5.14. The van der Waals surface area contributed by atoms with E-state index >= 15 is 0 Å². The van der Waals surface area contributed by atoms with Crippen molar-refractivity contribution in [1.29, 1.82) is 0 Å². The van der Waals surface area contributed by atoms with Crippen LogP contribution in [0.25, 0.3) is 0 Å². The topological polar surface area (TPSA) is 75.4 Å². The molecule has 0 spiro atoms. The summed E-state index contributed by atoms with van der Waals surface area (Å²) in [5.74, 6) is 3.29. The molecule has 0 bridgehead atoms. The number of hydrogen-bond donors (Lipinski definition) is 2. The first-order chi connectivity index (χ1) is 9.72. The molecule has 7 heteroatoms. The standard InChI is InChI=1S/C13H23N3O2S2/c14-3-4-15-12(17)10-2-1-5-16(8-10)13(18)11-9-19-6-7-20-11/h10-11H,1-9,14H2,(H,15,17). The number of amides is 2. The van der Waals surface area contributed by atoms with Gasteiger partial charge in [0.25, 0.3) is 0 Å². The second kappa shape index (κ2) is 8.14. The molecule has 2 fully saturated rings. The molecule has 2 aliphatic heterocycles. The Kier molecular flexibility index (Phi) is 6.51. The highest BCUT2D eigenvalue weighted by atomic mass is 32.2. The highest BCUT2D eigenvalue weighted by Crippen LogP contribution is 2.27. The van der Waals surface area contributed by atoms with Gasteiger partial charge in [-0.2, -0.15) is 11.8 Å². The van der Waals surface area contributed by atoms with Crippen molar-refractivity contribution in [2.24, 2.45) is 11.7 Å². The lowest BCUT2D eigenvalue weighted by molar-refractivity contribution is -0.134. The fourth-order valence-corrected chi connectivity index (χ4v) is 5.19. The molecule has 2 unspecified atom stereocenters. The van der Waals surface area contributed by atoms with Crippen molar-refractivity contribution in [3.63, 3.8) is 0 Å². The Labute approximate surface area is 128 Å². The molecule has 2 heterocycles. The smallest absolute Gasteiger partial charge is 0.236 e. The number of nitrogens with one attached hydrogen (secondary N) is 1. The molecule has 0 aromatic carbocycles. The van der Waals surface area contributed by atoms with Crippen LogP contribution < -0.4 is 11.1 Å². The summed E-state index contributed by atoms with van der Waals surface area (Å²) in [6, 6.07) is 0. The Morgan fingerprint density at radius 3 is 2.90 bits per heavy atom. The number of carbonyl (C=O) groups is 2. The first-order valence-electron chi connectivity index (χ1n) is 7.18. The fourth-order valence-electron chi connectivity index (χ4n) is 2.57. The maximum absolute atomic E-state index is 12.5. The minimum Gasteiger partial charge on any atom is -0.355 e. The molecule has 2 rings (SSSR count). The van der Waals surface area contributed by atoms with Crippen LogP contribution in [-0.4, -0.2) is 65.4 Å². The molecule has 20 heavy (non-hydrogen) atoms. The van der Waals surface area contributed by atoms with Crippen molar-refractivity contribution in [1.82, 2.24) is 10.2 Å². The Bertz CT molecular complexity index is 349. The SMILES string of the molecule is NCCNC(=O)C1CCCN(C(=O)C2CSCCS2)C1. The summed E-state index contributed by atoms with van der Waals surface area (Å²) >= 11 is 3.61. The predicted molar refractivity (Wildman–Crippen MR) is 84.9 cm³/mol. The molecule has 0 saturated carbocycles. The van der Waals surface area contributed by atoms with Gasteiger partial charge in [0.1, 0.15) is 0 Å². The zero-order valence-corrected chi connectivity index (χ0v) is 13.3. The van der Waals surface area contributed by atoms with E-state index in [0.29, 0.717) is 19.6 Å². The van der Waals surface area contributed by atoms with Crippen LogP contribution in [0.15, 0.2) is 0 Å². The van der Waals surface area contributed by atoms with Crippen LogP contribution in [0.2, 0.25) is 0 Å². The predicted octanol–water partition coefficient (Wildman–Crippen LogP) is 0.149. The maximum atomic E-state index is 12.5. The van der Waals surface area contributed by atoms with E-state index in [9.17, 15) is 9.59 Å². The van der Waals surface area contributed by atoms with E-state index < -0.39 is 0 Å². The molecular weight excluding hydrogens is 294 g/mol. The molecule has 2 atom stereocenters. The van der Waals surface area contributed by atoms with Gasteiger partial charge in [-0.25, -0.2) is 0 Å². The number of nitrogens with zero attached hydrogens (tertiary/aromatic N) is 1. The molecule has 3 N–H and O–H groups in total. The number of carbonyl (C=O) groups excluding carboxylic acids is 2. The quantitative estimate of drug-likeness (QED) is 0.772. The van der Waals surface area contributed by atoms with Gasteiger partial charge in [-0.1, -0.05) is 0 Å². The number of thioether (sulfide) groups is 2. The summed E-state index contributed by atoms with van der Waals surface area (Å²) in [4.78, 5) is 26.4. The number of likely N-dealkylation sites (tertiary alicyclic amines) is 1. The Morgan fingerprint density at radius 2 is 2.20 bits per heavy atom. The van der Waals surface area contributed by atoms with Crippen molar-refractivity contribution < 1.29 is 9.59 Å². The van der Waals surface area contributed by atoms with E-state index in [1.165, 1.54) is 0 Å². The molecule has 114 valence electrons. The van der Waals surface area contributed by atoms with Crippen LogP contribution in [0.5, 0.6) is 0 Å². The van der Waals surface area contributed by atoms with Gasteiger partial charge in [-0.3, -0.25) is 9.59 Å². The summed E-state index contributed by atoms with van der Waals surface area (Å²) in [6.45, 7) is 2.33. The van der Waals surface area contributed by atoms with Crippen molar-refractivity contribution >= 4 is 35.3 Å². The third kappa shape index (κ3) is 4.30. The molecule has 2 aliphatic rings. The number of piperidine rings is 1. The molecule has 0 aromatic heterocycles. The summed E-state index contributed by atoms with van der Waals surface area (Å²) < 4.78 is 0. The maximum Gasteiger partial charge on any atom is 0.236 e. The van der Waals surface area contributed by atoms with Crippen LogP contribution >= 0.6 is 23.5 Å². The van der Waals surface area contributed by atoms with Gasteiger partial charge in [0, 0.05) is 43.4 Å². The van der Waals surface area contributed by atoms with E-state index in [1.54, 1.807) is 11.8 Å². The average Bonchev–Trinajstić information content (AvgIpc) is 2.52. The van der Waals surface area contributed by atoms with Gasteiger partial charge in [0.2, 0.25) is 11.8 Å². The molecule has 0 aromatic rings. The Balaban J connectivity index is 1.85. The molecule has 0 aliphatic carbocycles. The highest BCUT2D eigenvalue weighted by Gasteiger charge is 2.32. The first-order valence-corrected chi connectivity index (χ1v) is 9.38. The van der Waals surface area contributed by atoms with Gasteiger partial charge in [0.15, 0.2) is 0 Å². The molecule has 0 radical (unpaired) electrons. The van der Waals surface area contributed by atoms with E-state index in [-0.39, 0.29) is 23.0 Å². The summed E-state index contributed by atoms with van der Waals surface area (Å²) in [5, 5.41) is 2.91. The van der Waals surface area contributed by atoms with E-state index in [2.05, 4.69) is 5.32 Å². The number of nitrogens with two attached hydrogens (primary N) is 1. The highest BCUT2D eigenvalue weighted by molar-refractivity contribution is 8.07. The lowest BCUT2D eigenvalue weighted by atomic mass is 9.97. The summed E-state index contributed by atoms with van der Waals surface area (Å²) in [7, 11) is 0. The Hall–Kier alpha value is -0.400. The van der Waals surface area contributed by atoms with Crippen LogP contribution in [0, 0.1) is 5.92 Å². The normalized spacial score (nSPS) is 27.1. The van der Waals surface area contributed by atoms with Crippen molar-refractivity contribution in [2.45, 2.75) is 18.1 Å². The molecular formula is C13H23N3O2S2. The van der Waals surface area contributed by atoms with Crippen molar-refractivity contribution in [3.8, 4) is 0 Å². The van der Waals surface area contributed by atoms with Gasteiger partial charge < -0.3 is 16.0 Å². The summed E-state index contributed by atoms with van der Waals surface area (Å²) in [6.07, 6.45) is 1.78. The zero-order valence-electron chi connectivity index (χ0n) is 11.7. The van der Waals surface area contributed by atoms with Gasteiger partial charge in [0.05, 0.1) is 11.2 Å². The van der Waals surface area contributed by atoms with Gasteiger partial charge >= 0.3 is 0 Å². The van der Waals surface area contributed by atoms with Gasteiger partial charge in [-0.15, -0.1) is 11.8 Å². The zero-order chi connectivity index (χ0) is 14.4. The summed E-state index contributed by atoms with van der Waals surface area (Å²) in [5.41, 5.74) is 5.40. The lowest BCUT2D eigenvalue weighted by Crippen LogP contribution is -2.49. The Morgan fingerprint density at radius 1 is 1.35 bits per heavy atom. The van der Waals surface area contributed by atoms with Crippen LogP contribution in [0.3, 0.4) is 0 Å². The minimum absolute atomic E-state index is 0.0404. The van der Waals surface area contributed by atoms with Crippen LogP contribution in [0.1, 0.15) is 12.8 Å². The number of rotatable bonds is 4. The molecule has 5 nitrogen and oxygen atoms in total. The number of hydrogen-bond acceptors (Lipinski definition) is 5. The van der Waals surface area contributed by atoms with Crippen molar-refractivity contribution in [3.05, 3.63) is 0 Å². The molecule has 2 amide bonds. The van der Waals surface area contributed by atoms with E-state index in [4.69, 9.17) is 5.73 Å². The van der Waals surface area contributed by atoms with E-state index in [0.717, 1.165) is 36.6 Å². The van der Waals surface area contributed by atoms with Crippen LogP contribution in [0.4, 0.5) is 0 Å². The lowest BCUT2D eigenvalue weighted by Gasteiger charge is -2.35. The average molecular weight is 317 g/mol. The third-order valence-corrected chi connectivity index (χ3v) is 6.38. The van der Waals surface area contributed by atoms with E-state index in [1.807, 2.05) is 16.7 Å². The van der Waals surface area contributed by atoms with Gasteiger partial charge in [-0.05, 0) is 12.8 Å². The fraction of sp³-hybridized carbons (Fsp3) is 0.846. The largest absolute Gasteiger partial charge is 0.355 e. The minimum atomic E-state index is -0.0690. The van der Waals surface area contributed by atoms with Crippen molar-refractivity contribution in [2.75, 3.05) is 43.4 Å². The van der Waals surface area contributed by atoms with Crippen LogP contribution in [-0.2, 0) is 9.59 Å². The second-order valence-corrected chi connectivity index (χ2v) is 7.60. The molecule has 2 saturated heterocycles.